The Kier molecular flexibility index (Phi) is 10.3. The quantitative estimate of drug-likeness (QED) is 0.179. The van der Waals surface area contributed by atoms with Gasteiger partial charge in [0, 0.05) is 49.1 Å². The van der Waals surface area contributed by atoms with E-state index in [1.165, 1.54) is 5.57 Å². The summed E-state index contributed by atoms with van der Waals surface area (Å²) in [4.78, 5) is 27.9. The maximum atomic E-state index is 13.9. The van der Waals surface area contributed by atoms with Crippen LogP contribution in [-0.2, 0) is 29.9 Å². The summed E-state index contributed by atoms with van der Waals surface area (Å²) < 4.78 is 38.4. The van der Waals surface area contributed by atoms with Crippen LogP contribution < -0.4 is 5.32 Å². The molecule has 10 atom stereocenters. The van der Waals surface area contributed by atoms with Gasteiger partial charge in [-0.25, -0.2) is 4.79 Å². The second kappa shape index (κ2) is 13.9. The van der Waals surface area contributed by atoms with Gasteiger partial charge in [-0.05, 0) is 142 Å². The zero-order valence-electron chi connectivity index (χ0n) is 32.5. The van der Waals surface area contributed by atoms with Crippen molar-refractivity contribution >= 4 is 44.1 Å². The average Bonchev–Trinajstić information content (AvgIpc) is 3.48. The largest absolute Gasteiger partial charge is 0.478 e. The SMILES string of the molecule is C=S1(=O)CCN(CCNC23CC[C@@H](C(=O)COS(=O)O)[C@@H]2[C@H]2CC[C@@H]4C5(C)CC=C(c6ccc(C(=O)O)cc6)C(C)(C)[C@@H]5CC[C@@]4(C)[C@]2(C)CC3)CC1. The van der Waals surface area contributed by atoms with Crippen LogP contribution in [0.5, 0.6) is 0 Å². The first-order chi connectivity index (χ1) is 24.9. The fraction of sp³-hybridized carbons (Fsp3) is 0.738. The first-order valence-electron chi connectivity index (χ1n) is 20.0. The maximum absolute atomic E-state index is 13.9. The number of carboxylic acid groups (broad SMARTS) is 1. The number of fused-ring (bicyclic) bond motifs is 7. The molecule has 1 saturated heterocycles. The van der Waals surface area contributed by atoms with Gasteiger partial charge in [-0.15, -0.1) is 0 Å². The van der Waals surface area contributed by atoms with Crippen LogP contribution in [0.15, 0.2) is 30.3 Å². The molecule has 6 aliphatic rings. The molecule has 0 aromatic heterocycles. The fourth-order valence-corrected chi connectivity index (χ4v) is 15.5. The summed E-state index contributed by atoms with van der Waals surface area (Å²) in [6, 6.07) is 7.42. The molecule has 9 nitrogen and oxygen atoms in total. The van der Waals surface area contributed by atoms with Crippen LogP contribution in [-0.4, -0.2) is 90.4 Å². The number of carboxylic acids is 1. The summed E-state index contributed by atoms with van der Waals surface area (Å²) in [7, 11) is -1.95. The molecule has 1 aromatic carbocycles. The minimum Gasteiger partial charge on any atom is -0.478 e. The number of carbonyl (C=O) groups excluding carboxylic acids is 1. The Bertz CT molecular complexity index is 1760. The number of allylic oxidation sites excluding steroid dienone is 2. The van der Waals surface area contributed by atoms with Gasteiger partial charge in [0.2, 0.25) is 0 Å². The number of rotatable bonds is 10. The van der Waals surface area contributed by atoms with E-state index in [9.17, 15) is 27.7 Å². The molecule has 1 heterocycles. The van der Waals surface area contributed by atoms with Crippen LogP contribution >= 0.6 is 0 Å². The van der Waals surface area contributed by atoms with Gasteiger partial charge >= 0.3 is 17.3 Å². The van der Waals surface area contributed by atoms with Gasteiger partial charge < -0.3 is 15.3 Å². The standard InChI is InChI=1S/C42H62N2O7S2/c1-38(2)31(28-7-9-29(10-8-28)37(46)47)14-16-39(3)34(38)15-17-41(5)35(39)12-11-32-36-30(33(45)27-51-52(48)49)13-18-42(36,20-19-40(32,41)4)43-21-22-44-23-25-53(6,50)26-24-44/h7-10,14,30,32,34-36,43H,6,11-13,15-27H2,1-5H3,(H,46,47)(H,48,49)/t30-,32+,34-,35+,36+,39?,40+,41+,42?/m0/s1. The molecule has 0 bridgehead atoms. The molecule has 0 radical (unpaired) electrons. The number of carbonyl (C=O) groups is 2. The lowest BCUT2D eigenvalue weighted by molar-refractivity contribution is -0.220. The molecule has 3 unspecified atom stereocenters. The molecular weight excluding hydrogens is 709 g/mol. The lowest BCUT2D eigenvalue weighted by Crippen LogP contribution is -2.68. The minimum atomic E-state index is -2.48. The normalized spacial score (nSPS) is 40.9. The molecule has 3 N–H and O–H groups in total. The highest BCUT2D eigenvalue weighted by molar-refractivity contribution is 8.00. The number of hydrogen-bond donors (Lipinski definition) is 3. The Balaban J connectivity index is 1.16. The van der Waals surface area contributed by atoms with E-state index in [1.807, 2.05) is 12.1 Å². The van der Waals surface area contributed by atoms with E-state index in [-0.39, 0.29) is 51.4 Å². The van der Waals surface area contributed by atoms with Crippen molar-refractivity contribution in [2.45, 2.75) is 97.9 Å². The van der Waals surface area contributed by atoms with Gasteiger partial charge in [-0.3, -0.25) is 17.7 Å². The van der Waals surface area contributed by atoms with Crippen LogP contribution in [0.4, 0.5) is 0 Å². The third kappa shape index (κ3) is 6.55. The molecule has 5 aliphatic carbocycles. The number of hydrogen-bond acceptors (Lipinski definition) is 7. The van der Waals surface area contributed by atoms with E-state index in [0.717, 1.165) is 89.5 Å². The molecule has 0 amide bonds. The number of Topliss-reactive ketones (excluding diaryl/α,β-unsaturated/α-hetero) is 1. The fourth-order valence-electron chi connectivity index (χ4n) is 13.9. The van der Waals surface area contributed by atoms with Gasteiger partial charge in [0.05, 0.1) is 5.56 Å². The Morgan fingerprint density at radius 3 is 2.32 bits per heavy atom. The van der Waals surface area contributed by atoms with E-state index in [1.54, 1.807) is 12.1 Å². The van der Waals surface area contributed by atoms with Crippen molar-refractivity contribution in [2.24, 2.45) is 51.2 Å². The van der Waals surface area contributed by atoms with Crippen LogP contribution in [0.25, 0.3) is 5.57 Å². The zero-order chi connectivity index (χ0) is 38.2. The molecule has 294 valence electrons. The Morgan fingerprint density at radius 1 is 0.962 bits per heavy atom. The van der Waals surface area contributed by atoms with E-state index in [4.69, 9.17) is 4.18 Å². The number of nitrogens with one attached hydrogen (secondary N) is 1. The molecule has 53 heavy (non-hydrogen) atoms. The lowest BCUT2D eigenvalue weighted by atomic mass is 9.33. The smallest absolute Gasteiger partial charge is 0.335 e. The van der Waals surface area contributed by atoms with E-state index in [0.29, 0.717) is 34.8 Å². The van der Waals surface area contributed by atoms with Crippen molar-refractivity contribution in [3.63, 3.8) is 0 Å². The van der Waals surface area contributed by atoms with Gasteiger partial charge in [0.15, 0.2) is 5.78 Å². The predicted octanol–water partition coefficient (Wildman–Crippen LogP) is 6.56. The second-order valence-corrected chi connectivity index (χ2v) is 22.4. The average molecular weight is 771 g/mol. The molecule has 4 saturated carbocycles. The maximum Gasteiger partial charge on any atom is 0.335 e. The highest BCUT2D eigenvalue weighted by Gasteiger charge is 2.70. The van der Waals surface area contributed by atoms with Crippen molar-refractivity contribution < 1.29 is 31.8 Å². The summed E-state index contributed by atoms with van der Waals surface area (Å²) in [6.07, 6.45) is 11.8. The van der Waals surface area contributed by atoms with E-state index < -0.39 is 26.9 Å². The van der Waals surface area contributed by atoms with E-state index in [2.05, 4.69) is 56.8 Å². The minimum absolute atomic E-state index is 0.0330. The first-order valence-corrected chi connectivity index (χ1v) is 23.1. The monoisotopic (exact) mass is 770 g/mol. The highest BCUT2D eigenvalue weighted by Crippen LogP contribution is 2.76. The molecule has 11 heteroatoms. The van der Waals surface area contributed by atoms with Crippen LogP contribution in [0.3, 0.4) is 0 Å². The van der Waals surface area contributed by atoms with Crippen molar-refractivity contribution in [3.8, 4) is 0 Å². The Hall–Kier alpha value is -1.89. The number of nitrogens with zero attached hydrogens (tertiary/aromatic N) is 1. The molecule has 5 fully saturated rings. The Labute approximate surface area is 320 Å². The molecule has 1 aromatic rings. The predicted molar refractivity (Wildman–Crippen MR) is 212 cm³/mol. The van der Waals surface area contributed by atoms with Gasteiger partial charge in [0.1, 0.15) is 6.61 Å². The first kappa shape index (κ1) is 39.3. The van der Waals surface area contributed by atoms with E-state index >= 15 is 0 Å². The summed E-state index contributed by atoms with van der Waals surface area (Å²) >= 11 is -2.48. The number of benzene rings is 1. The van der Waals surface area contributed by atoms with Crippen LogP contribution in [0.1, 0.15) is 108 Å². The van der Waals surface area contributed by atoms with Crippen LogP contribution in [0, 0.1) is 51.2 Å². The topological polar surface area (TPSA) is 133 Å². The van der Waals surface area contributed by atoms with Crippen molar-refractivity contribution in [1.82, 2.24) is 10.2 Å². The second-order valence-electron chi connectivity index (χ2n) is 19.0. The third-order valence-corrected chi connectivity index (χ3v) is 18.8. The van der Waals surface area contributed by atoms with Gasteiger partial charge in [-0.1, -0.05) is 52.8 Å². The third-order valence-electron chi connectivity index (χ3n) is 16.6. The zero-order valence-corrected chi connectivity index (χ0v) is 34.1. The molecule has 7 rings (SSSR count). The summed E-state index contributed by atoms with van der Waals surface area (Å²) in [5, 5.41) is 13.6. The highest BCUT2D eigenvalue weighted by atomic mass is 32.2. The van der Waals surface area contributed by atoms with Crippen molar-refractivity contribution in [3.05, 3.63) is 41.5 Å². The van der Waals surface area contributed by atoms with Crippen molar-refractivity contribution in [2.75, 3.05) is 44.3 Å². The molecular formula is C42H62N2O7S2. The lowest BCUT2D eigenvalue weighted by Gasteiger charge is -2.72. The summed E-state index contributed by atoms with van der Waals surface area (Å²) in [5.41, 5.74) is 2.76. The summed E-state index contributed by atoms with van der Waals surface area (Å²) in [6.45, 7) is 15.5. The van der Waals surface area contributed by atoms with Gasteiger partial charge in [-0.2, -0.15) is 4.21 Å². The van der Waals surface area contributed by atoms with Gasteiger partial charge in [0.25, 0.3) is 0 Å². The number of ketones is 1. The summed E-state index contributed by atoms with van der Waals surface area (Å²) in [5.74, 6) is 5.58. The Morgan fingerprint density at radius 2 is 1.66 bits per heavy atom. The van der Waals surface area contributed by atoms with Crippen LogP contribution in [0.2, 0.25) is 0 Å². The molecule has 0 spiro atoms. The molecule has 1 aliphatic heterocycles. The number of aromatic carboxylic acids is 1. The van der Waals surface area contributed by atoms with Crippen molar-refractivity contribution in [1.29, 1.82) is 0 Å².